The Morgan fingerprint density at radius 1 is 0.571 bits per heavy atom. The molecule has 0 N–H and O–H groups in total. The molecule has 3 aromatic carbocycles. The molecule has 0 amide bonds. The number of ether oxygens (including phenoxy) is 4. The van der Waals surface area contributed by atoms with Crippen LogP contribution in [0.25, 0.3) is 0 Å². The molecule has 0 spiro atoms. The number of hydrogen-bond acceptors (Lipinski definition) is 4. The molecule has 1 aliphatic carbocycles. The van der Waals surface area contributed by atoms with Gasteiger partial charge in [0, 0.05) is 7.11 Å². The fraction of sp³-hybridized carbons (Fsp3) is 0.280. The van der Waals surface area contributed by atoms with Crippen molar-refractivity contribution < 1.29 is 45.3 Å². The summed E-state index contributed by atoms with van der Waals surface area (Å²) in [4.78, 5) is 0. The summed E-state index contributed by atoms with van der Waals surface area (Å²) in [6.07, 6.45) is 0.404. The van der Waals surface area contributed by atoms with Gasteiger partial charge in [-0.3, -0.25) is 0 Å². The number of halogens is 6. The van der Waals surface area contributed by atoms with Crippen LogP contribution in [0.5, 0.6) is 17.2 Å². The van der Waals surface area contributed by atoms with E-state index in [9.17, 15) is 26.3 Å². The van der Waals surface area contributed by atoms with Gasteiger partial charge in [0.2, 0.25) is 6.79 Å². The van der Waals surface area contributed by atoms with E-state index in [2.05, 4.69) is 9.47 Å². The minimum Gasteiger partial charge on any atom is -0.458 e. The largest absolute Gasteiger partial charge is 0.458 e. The van der Waals surface area contributed by atoms with E-state index in [0.717, 1.165) is 17.7 Å². The molecule has 0 aromatic heterocycles. The van der Waals surface area contributed by atoms with Crippen LogP contribution in [-0.2, 0) is 11.2 Å². The minimum atomic E-state index is -5.43. The molecule has 186 valence electrons. The summed E-state index contributed by atoms with van der Waals surface area (Å²) in [7, 11) is 0.358. The van der Waals surface area contributed by atoms with E-state index in [4.69, 9.17) is 9.47 Å². The zero-order chi connectivity index (χ0) is 25.3. The van der Waals surface area contributed by atoms with Gasteiger partial charge in [-0.2, -0.15) is 26.3 Å². The highest BCUT2D eigenvalue weighted by Crippen LogP contribution is 2.68. The van der Waals surface area contributed by atoms with Crippen molar-refractivity contribution in [3.63, 3.8) is 0 Å². The van der Waals surface area contributed by atoms with Crippen molar-refractivity contribution in [3.8, 4) is 17.2 Å². The summed E-state index contributed by atoms with van der Waals surface area (Å²) in [5.41, 5.74) is 1.54. The standard InChI is InChI=1S/C25H20F6O4/c1-32-24(30)22(26,27)23(28,29)25(24,31)35-21-13-9-18(10-14-21)15-17-7-11-20(12-8-17)34-16-33-19-5-3-2-4-6-19/h2-14H,15-16H2,1H3. The van der Waals surface area contributed by atoms with Gasteiger partial charge in [-0.05, 0) is 53.9 Å². The quantitative estimate of drug-likeness (QED) is 0.255. The molecular weight excluding hydrogens is 478 g/mol. The Morgan fingerprint density at radius 3 is 1.54 bits per heavy atom. The molecule has 2 unspecified atom stereocenters. The average molecular weight is 498 g/mol. The summed E-state index contributed by atoms with van der Waals surface area (Å²) < 4.78 is 102. The van der Waals surface area contributed by atoms with Crippen molar-refractivity contribution in [2.45, 2.75) is 30.0 Å². The third-order valence-corrected chi connectivity index (χ3v) is 5.60. The Morgan fingerprint density at radius 2 is 1.03 bits per heavy atom. The van der Waals surface area contributed by atoms with Crippen LogP contribution in [0.15, 0.2) is 78.9 Å². The van der Waals surface area contributed by atoms with E-state index >= 15 is 0 Å². The molecule has 0 bridgehead atoms. The molecule has 1 fully saturated rings. The topological polar surface area (TPSA) is 36.9 Å². The first kappa shape index (κ1) is 24.7. The monoisotopic (exact) mass is 498 g/mol. The zero-order valence-corrected chi connectivity index (χ0v) is 18.3. The van der Waals surface area contributed by atoms with Crippen LogP contribution in [0.4, 0.5) is 26.3 Å². The van der Waals surface area contributed by atoms with E-state index < -0.39 is 29.3 Å². The molecule has 1 saturated carbocycles. The highest BCUT2D eigenvalue weighted by Gasteiger charge is 3.02. The van der Waals surface area contributed by atoms with Gasteiger partial charge in [0.05, 0.1) is 0 Å². The lowest BCUT2D eigenvalue weighted by Crippen LogP contribution is -2.88. The third-order valence-electron chi connectivity index (χ3n) is 5.60. The Kier molecular flexibility index (Phi) is 6.35. The van der Waals surface area contributed by atoms with Crippen LogP contribution in [0.1, 0.15) is 11.1 Å². The van der Waals surface area contributed by atoms with E-state index in [1.807, 2.05) is 18.2 Å². The zero-order valence-electron chi connectivity index (χ0n) is 18.3. The first-order valence-corrected chi connectivity index (χ1v) is 10.4. The maximum atomic E-state index is 14.6. The Hall–Kier alpha value is -3.40. The predicted octanol–water partition coefficient (Wildman–Crippen LogP) is 6.33. The predicted molar refractivity (Wildman–Crippen MR) is 113 cm³/mol. The summed E-state index contributed by atoms with van der Waals surface area (Å²) in [5.74, 6) is -19.5. The molecule has 4 rings (SSSR count). The number of hydrogen-bond donors (Lipinski definition) is 0. The third kappa shape index (κ3) is 4.05. The minimum absolute atomic E-state index is 0.0229. The smallest absolute Gasteiger partial charge is 0.390 e. The van der Waals surface area contributed by atoms with Crippen LogP contribution < -0.4 is 14.2 Å². The van der Waals surface area contributed by atoms with Crippen LogP contribution >= 0.6 is 0 Å². The highest BCUT2D eigenvalue weighted by atomic mass is 19.3. The van der Waals surface area contributed by atoms with Gasteiger partial charge < -0.3 is 18.9 Å². The lowest BCUT2D eigenvalue weighted by atomic mass is 9.76. The van der Waals surface area contributed by atoms with E-state index in [-0.39, 0.29) is 6.79 Å². The van der Waals surface area contributed by atoms with Crippen molar-refractivity contribution in [1.29, 1.82) is 0 Å². The molecule has 0 aliphatic heterocycles. The molecule has 1 aliphatic rings. The van der Waals surface area contributed by atoms with Crippen LogP contribution in [0.2, 0.25) is 0 Å². The fourth-order valence-electron chi connectivity index (χ4n) is 3.59. The average Bonchev–Trinajstić information content (AvgIpc) is 2.85. The van der Waals surface area contributed by atoms with E-state index in [1.165, 1.54) is 12.1 Å². The van der Waals surface area contributed by atoms with Crippen molar-refractivity contribution in [2.24, 2.45) is 0 Å². The van der Waals surface area contributed by atoms with Gasteiger partial charge in [-0.15, -0.1) is 0 Å². The van der Waals surface area contributed by atoms with Crippen molar-refractivity contribution in [1.82, 2.24) is 0 Å². The van der Waals surface area contributed by atoms with Crippen molar-refractivity contribution in [2.75, 3.05) is 13.9 Å². The molecular formula is C25H20F6O4. The Balaban J connectivity index is 1.35. The Labute approximate surface area is 197 Å². The SMILES string of the molecule is COC1(F)C(F)(F)C(F)(F)C1(F)Oc1ccc(Cc2ccc(OCOc3ccccc3)cc2)cc1. The molecule has 0 heterocycles. The second-order valence-corrected chi connectivity index (χ2v) is 7.83. The van der Waals surface area contributed by atoms with Crippen LogP contribution in [0.3, 0.4) is 0 Å². The van der Waals surface area contributed by atoms with Gasteiger partial charge in [-0.25, -0.2) is 0 Å². The van der Waals surface area contributed by atoms with Gasteiger partial charge >= 0.3 is 23.6 Å². The summed E-state index contributed by atoms with van der Waals surface area (Å²) >= 11 is 0. The van der Waals surface area contributed by atoms with Crippen LogP contribution in [-0.4, -0.2) is 37.5 Å². The number of rotatable bonds is 9. The maximum absolute atomic E-state index is 14.6. The second kappa shape index (κ2) is 8.99. The molecule has 0 radical (unpaired) electrons. The summed E-state index contributed by atoms with van der Waals surface area (Å²) in [6, 6.07) is 21.2. The number of para-hydroxylation sites is 1. The van der Waals surface area contributed by atoms with Gasteiger partial charge in [0.1, 0.15) is 17.2 Å². The normalized spacial score (nSPS) is 24.3. The van der Waals surface area contributed by atoms with Crippen molar-refractivity contribution >= 4 is 0 Å². The molecule has 3 aromatic rings. The first-order chi connectivity index (χ1) is 16.5. The highest BCUT2D eigenvalue weighted by molar-refractivity contribution is 5.36. The lowest BCUT2D eigenvalue weighted by molar-refractivity contribution is -0.538. The first-order valence-electron chi connectivity index (χ1n) is 10.4. The van der Waals surface area contributed by atoms with Gasteiger partial charge in [0.25, 0.3) is 0 Å². The van der Waals surface area contributed by atoms with Crippen LogP contribution in [0, 0.1) is 0 Å². The lowest BCUT2D eigenvalue weighted by Gasteiger charge is -2.55. The number of alkyl halides is 6. The van der Waals surface area contributed by atoms with E-state index in [1.54, 1.807) is 36.4 Å². The fourth-order valence-corrected chi connectivity index (χ4v) is 3.59. The van der Waals surface area contributed by atoms with Crippen molar-refractivity contribution in [3.05, 3.63) is 90.0 Å². The number of benzene rings is 3. The molecule has 2 atom stereocenters. The maximum Gasteiger partial charge on any atom is 0.390 e. The van der Waals surface area contributed by atoms with Gasteiger partial charge in [-0.1, -0.05) is 42.5 Å². The van der Waals surface area contributed by atoms with Gasteiger partial charge in [0.15, 0.2) is 0 Å². The molecule has 0 saturated heterocycles. The molecule has 4 nitrogen and oxygen atoms in total. The Bertz CT molecular complexity index is 1140. The molecule has 35 heavy (non-hydrogen) atoms. The summed E-state index contributed by atoms with van der Waals surface area (Å²) in [5, 5.41) is 0. The number of methoxy groups -OCH3 is 1. The summed E-state index contributed by atoms with van der Waals surface area (Å²) in [6.45, 7) is 0.0229. The molecule has 10 heteroatoms. The van der Waals surface area contributed by atoms with E-state index in [0.29, 0.717) is 30.6 Å². The second-order valence-electron chi connectivity index (χ2n) is 7.83.